The van der Waals surface area contributed by atoms with Gasteiger partial charge in [-0.15, -0.1) is 0 Å². The minimum absolute atomic E-state index is 1.32. The smallest absolute Gasteiger partial charge is 0.450 e. The number of allylic oxidation sites excluding steroid dienone is 2. The Hall–Kier alpha value is -0.990. The molecule has 0 saturated carbocycles. The van der Waals surface area contributed by atoms with Crippen molar-refractivity contribution < 1.29 is 15.0 Å². The summed E-state index contributed by atoms with van der Waals surface area (Å²) in [5.41, 5.74) is 0. The zero-order chi connectivity index (χ0) is 7.11. The van der Waals surface area contributed by atoms with Crippen LogP contribution in [0.5, 0.6) is 0 Å². The monoisotopic (exact) mass is 130 g/mol. The molecule has 0 aliphatic heterocycles. The third-order valence-electron chi connectivity index (χ3n) is 0.908. The van der Waals surface area contributed by atoms with Gasteiger partial charge in [0.2, 0.25) is 0 Å². The van der Waals surface area contributed by atoms with Crippen molar-refractivity contribution in [1.29, 1.82) is 0 Å². The third kappa shape index (κ3) is 10.9. The van der Waals surface area contributed by atoms with Gasteiger partial charge < -0.3 is 10.2 Å². The molecular formula is C6H10O3. The van der Waals surface area contributed by atoms with Crippen molar-refractivity contribution in [3.05, 3.63) is 12.2 Å². The molecular weight excluding hydrogens is 120 g/mol. The van der Waals surface area contributed by atoms with Crippen LogP contribution in [0.25, 0.3) is 0 Å². The summed E-state index contributed by atoms with van der Waals surface area (Å²) >= 11 is 0. The summed E-state index contributed by atoms with van der Waals surface area (Å²) in [5.74, 6) is 0. The van der Waals surface area contributed by atoms with Gasteiger partial charge in [0.05, 0.1) is 0 Å². The molecule has 1 aliphatic rings. The van der Waals surface area contributed by atoms with Crippen molar-refractivity contribution in [2.75, 3.05) is 0 Å². The average molecular weight is 130 g/mol. The summed E-state index contributed by atoms with van der Waals surface area (Å²) in [6.45, 7) is 0. The Kier molecular flexibility index (Phi) is 4.59. The molecule has 0 radical (unpaired) electrons. The molecule has 0 heterocycles. The summed E-state index contributed by atoms with van der Waals surface area (Å²) in [7, 11) is 0. The molecule has 3 nitrogen and oxygen atoms in total. The second-order valence-corrected chi connectivity index (χ2v) is 1.68. The highest BCUT2D eigenvalue weighted by molar-refractivity contribution is 5.53. The molecule has 0 spiro atoms. The molecule has 9 heavy (non-hydrogen) atoms. The standard InChI is InChI=1S/C5H8.CH2O3/c1-2-4-5-3-1;2-1(3)4/h1-2H,3-5H2;(H2,2,3,4). The second-order valence-electron chi connectivity index (χ2n) is 1.68. The third-order valence-corrected chi connectivity index (χ3v) is 0.908. The zero-order valence-corrected chi connectivity index (χ0v) is 5.08. The number of hydrogen-bond donors (Lipinski definition) is 2. The highest BCUT2D eigenvalue weighted by Crippen LogP contribution is 2.05. The topological polar surface area (TPSA) is 57.5 Å². The quantitative estimate of drug-likeness (QED) is 0.493. The van der Waals surface area contributed by atoms with Crippen LogP contribution in [-0.2, 0) is 0 Å². The minimum atomic E-state index is -1.83. The Morgan fingerprint density at radius 2 is 1.56 bits per heavy atom. The van der Waals surface area contributed by atoms with E-state index in [1.807, 2.05) is 0 Å². The largest absolute Gasteiger partial charge is 0.503 e. The number of hydrogen-bond acceptors (Lipinski definition) is 1. The Balaban J connectivity index is 0.000000148. The fraction of sp³-hybridized carbons (Fsp3) is 0.500. The van der Waals surface area contributed by atoms with E-state index in [4.69, 9.17) is 15.0 Å². The molecule has 0 aromatic rings. The maximum atomic E-state index is 8.56. The molecule has 0 bridgehead atoms. The molecule has 2 N–H and O–H groups in total. The zero-order valence-electron chi connectivity index (χ0n) is 5.08. The van der Waals surface area contributed by atoms with Gasteiger partial charge in [-0.1, -0.05) is 12.2 Å². The minimum Gasteiger partial charge on any atom is -0.450 e. The van der Waals surface area contributed by atoms with E-state index in [0.717, 1.165) is 0 Å². The molecule has 1 rings (SSSR count). The lowest BCUT2D eigenvalue weighted by molar-refractivity contribution is 0.137. The fourth-order valence-corrected chi connectivity index (χ4v) is 0.589. The van der Waals surface area contributed by atoms with Gasteiger partial charge in [0.25, 0.3) is 0 Å². The van der Waals surface area contributed by atoms with Crippen molar-refractivity contribution in [3.8, 4) is 0 Å². The number of rotatable bonds is 0. The first-order valence-corrected chi connectivity index (χ1v) is 2.80. The lowest BCUT2D eigenvalue weighted by Crippen LogP contribution is -1.81. The van der Waals surface area contributed by atoms with Gasteiger partial charge in [-0.3, -0.25) is 0 Å². The van der Waals surface area contributed by atoms with E-state index in [0.29, 0.717) is 0 Å². The Labute approximate surface area is 53.6 Å². The van der Waals surface area contributed by atoms with Crippen LogP contribution in [0, 0.1) is 0 Å². The first-order chi connectivity index (χ1) is 4.23. The lowest BCUT2D eigenvalue weighted by atomic mass is 10.4. The van der Waals surface area contributed by atoms with Crippen LogP contribution in [0.15, 0.2) is 12.2 Å². The van der Waals surface area contributed by atoms with E-state index >= 15 is 0 Å². The molecule has 52 valence electrons. The van der Waals surface area contributed by atoms with Gasteiger partial charge in [-0.25, -0.2) is 4.79 Å². The van der Waals surface area contributed by atoms with Gasteiger partial charge >= 0.3 is 6.16 Å². The highest BCUT2D eigenvalue weighted by atomic mass is 16.6. The predicted octanol–water partition coefficient (Wildman–Crippen LogP) is 1.95. The van der Waals surface area contributed by atoms with Gasteiger partial charge in [0.15, 0.2) is 0 Å². The Bertz CT molecular complexity index is 96.9. The Morgan fingerprint density at radius 3 is 1.67 bits per heavy atom. The van der Waals surface area contributed by atoms with Crippen LogP contribution in [0.3, 0.4) is 0 Å². The van der Waals surface area contributed by atoms with E-state index in [2.05, 4.69) is 12.2 Å². The van der Waals surface area contributed by atoms with Gasteiger partial charge in [-0.05, 0) is 19.3 Å². The van der Waals surface area contributed by atoms with Crippen LogP contribution < -0.4 is 0 Å². The molecule has 0 fully saturated rings. The number of carbonyl (C=O) groups is 1. The van der Waals surface area contributed by atoms with Crippen molar-refractivity contribution in [1.82, 2.24) is 0 Å². The summed E-state index contributed by atoms with van der Waals surface area (Å²) in [6, 6.07) is 0. The predicted molar refractivity (Wildman–Crippen MR) is 33.6 cm³/mol. The number of carboxylic acid groups (broad SMARTS) is 2. The molecule has 0 unspecified atom stereocenters. The summed E-state index contributed by atoms with van der Waals surface area (Å²) in [5, 5.41) is 13.9. The van der Waals surface area contributed by atoms with E-state index in [-0.39, 0.29) is 0 Å². The van der Waals surface area contributed by atoms with Crippen LogP contribution >= 0.6 is 0 Å². The van der Waals surface area contributed by atoms with Crippen LogP contribution in [0.4, 0.5) is 4.79 Å². The van der Waals surface area contributed by atoms with Gasteiger partial charge in [-0.2, -0.15) is 0 Å². The SMILES string of the molecule is C1=CCCC1.O=C(O)O. The molecule has 0 saturated heterocycles. The first kappa shape index (κ1) is 8.01. The average Bonchev–Trinajstić information content (AvgIpc) is 2.11. The summed E-state index contributed by atoms with van der Waals surface area (Å²) in [6.07, 6.45) is 6.67. The van der Waals surface area contributed by atoms with Crippen molar-refractivity contribution in [2.45, 2.75) is 19.3 Å². The van der Waals surface area contributed by atoms with Gasteiger partial charge in [0, 0.05) is 0 Å². The van der Waals surface area contributed by atoms with Crippen molar-refractivity contribution in [3.63, 3.8) is 0 Å². The van der Waals surface area contributed by atoms with Crippen molar-refractivity contribution in [2.24, 2.45) is 0 Å². The Morgan fingerprint density at radius 1 is 1.22 bits per heavy atom. The van der Waals surface area contributed by atoms with E-state index in [1.165, 1.54) is 19.3 Å². The normalized spacial score (nSPS) is 14.2. The first-order valence-electron chi connectivity index (χ1n) is 2.80. The molecule has 0 amide bonds. The van der Waals surface area contributed by atoms with Gasteiger partial charge in [0.1, 0.15) is 0 Å². The molecule has 0 atom stereocenters. The van der Waals surface area contributed by atoms with Crippen LogP contribution in [-0.4, -0.2) is 16.4 Å². The van der Waals surface area contributed by atoms with Crippen LogP contribution in [0.1, 0.15) is 19.3 Å². The molecule has 0 aromatic heterocycles. The molecule has 3 heteroatoms. The fourth-order valence-electron chi connectivity index (χ4n) is 0.589. The summed E-state index contributed by atoms with van der Waals surface area (Å²) in [4.78, 5) is 8.56. The molecule has 1 aliphatic carbocycles. The summed E-state index contributed by atoms with van der Waals surface area (Å²) < 4.78 is 0. The second kappa shape index (κ2) is 5.15. The van der Waals surface area contributed by atoms with Crippen molar-refractivity contribution >= 4 is 6.16 Å². The van der Waals surface area contributed by atoms with Crippen LogP contribution in [0.2, 0.25) is 0 Å². The van der Waals surface area contributed by atoms with E-state index in [9.17, 15) is 0 Å². The molecule has 0 aromatic carbocycles. The van der Waals surface area contributed by atoms with E-state index in [1.54, 1.807) is 0 Å². The highest BCUT2D eigenvalue weighted by Gasteiger charge is 1.84. The maximum absolute atomic E-state index is 8.56. The maximum Gasteiger partial charge on any atom is 0.503 e. The van der Waals surface area contributed by atoms with E-state index < -0.39 is 6.16 Å². The lowest BCUT2D eigenvalue weighted by Gasteiger charge is -1.69.